The Hall–Kier alpha value is -0.940. The second-order valence-corrected chi connectivity index (χ2v) is 4.77. The number of hydrogen-bond donors (Lipinski definition) is 1. The summed E-state index contributed by atoms with van der Waals surface area (Å²) >= 11 is 0. The predicted molar refractivity (Wildman–Crippen MR) is 49.9 cm³/mol. The topological polar surface area (TPSA) is 73.0 Å². The normalized spacial score (nSPS) is 11.5. The lowest BCUT2D eigenvalue weighted by molar-refractivity contribution is 0.592. The van der Waals surface area contributed by atoms with Crippen LogP contribution in [0.4, 0.5) is 0 Å². The molecule has 0 radical (unpaired) electrons. The van der Waals surface area contributed by atoms with Gasteiger partial charge in [0.1, 0.15) is 0 Å². The molecular formula is C8H12N2O2S. The summed E-state index contributed by atoms with van der Waals surface area (Å²) in [4.78, 5) is 3.82. The van der Waals surface area contributed by atoms with Crippen LogP contribution in [0, 0.1) is 0 Å². The van der Waals surface area contributed by atoms with E-state index in [1.54, 1.807) is 19.1 Å². The monoisotopic (exact) mass is 200 g/mol. The van der Waals surface area contributed by atoms with Gasteiger partial charge in [0, 0.05) is 18.3 Å². The molecule has 0 unspecified atom stereocenters. The maximum atomic E-state index is 11.5. The predicted octanol–water partition coefficient (Wildman–Crippen LogP) is 0.334. The molecule has 0 spiro atoms. The molecule has 4 nitrogen and oxygen atoms in total. The van der Waals surface area contributed by atoms with Crippen molar-refractivity contribution in [3.05, 3.63) is 23.9 Å². The summed E-state index contributed by atoms with van der Waals surface area (Å²) in [6, 6.07) is 3.35. The molecule has 0 fully saturated rings. The third kappa shape index (κ3) is 2.05. The van der Waals surface area contributed by atoms with Gasteiger partial charge in [-0.25, -0.2) is 13.4 Å². The summed E-state index contributed by atoms with van der Waals surface area (Å²) in [5.74, 6) is 0.0526. The van der Waals surface area contributed by atoms with Gasteiger partial charge in [-0.2, -0.15) is 0 Å². The second kappa shape index (κ2) is 3.85. The highest BCUT2D eigenvalue weighted by molar-refractivity contribution is 7.91. The van der Waals surface area contributed by atoms with Crippen LogP contribution in [-0.2, 0) is 16.4 Å². The SMILES string of the molecule is CCS(=O)(=O)c1ncccc1CN. The van der Waals surface area contributed by atoms with E-state index >= 15 is 0 Å². The summed E-state index contributed by atoms with van der Waals surface area (Å²) in [5.41, 5.74) is 5.97. The number of nitrogens with zero attached hydrogens (tertiary/aromatic N) is 1. The van der Waals surface area contributed by atoms with E-state index in [0.717, 1.165) is 0 Å². The zero-order valence-corrected chi connectivity index (χ0v) is 8.21. The van der Waals surface area contributed by atoms with Gasteiger partial charge in [-0.05, 0) is 6.07 Å². The fourth-order valence-corrected chi connectivity index (χ4v) is 2.04. The molecule has 1 aromatic rings. The molecule has 0 saturated heterocycles. The van der Waals surface area contributed by atoms with Crippen LogP contribution < -0.4 is 5.73 Å². The van der Waals surface area contributed by atoms with E-state index in [0.29, 0.717) is 5.56 Å². The average molecular weight is 200 g/mol. The molecule has 13 heavy (non-hydrogen) atoms. The minimum absolute atomic E-state index is 0.0526. The van der Waals surface area contributed by atoms with Crippen molar-refractivity contribution in [2.45, 2.75) is 18.5 Å². The van der Waals surface area contributed by atoms with Crippen LogP contribution in [0.25, 0.3) is 0 Å². The molecule has 0 aliphatic carbocycles. The fourth-order valence-electron chi connectivity index (χ4n) is 0.996. The van der Waals surface area contributed by atoms with E-state index in [1.165, 1.54) is 6.20 Å². The minimum atomic E-state index is -3.23. The van der Waals surface area contributed by atoms with Crippen LogP contribution in [0.2, 0.25) is 0 Å². The van der Waals surface area contributed by atoms with Crippen molar-refractivity contribution >= 4 is 9.84 Å². The lowest BCUT2D eigenvalue weighted by atomic mass is 10.3. The molecule has 0 aliphatic rings. The number of sulfone groups is 1. The van der Waals surface area contributed by atoms with Crippen LogP contribution >= 0.6 is 0 Å². The second-order valence-electron chi connectivity index (χ2n) is 2.58. The standard InChI is InChI=1S/C8H12N2O2S/c1-2-13(11,12)8-7(6-9)4-3-5-10-8/h3-5H,2,6,9H2,1H3. The van der Waals surface area contributed by atoms with Crippen LogP contribution in [-0.4, -0.2) is 19.2 Å². The number of hydrogen-bond acceptors (Lipinski definition) is 4. The number of aromatic nitrogens is 1. The van der Waals surface area contributed by atoms with Gasteiger partial charge in [0.05, 0.1) is 5.75 Å². The molecule has 72 valence electrons. The van der Waals surface area contributed by atoms with E-state index in [4.69, 9.17) is 5.73 Å². The van der Waals surface area contributed by atoms with Crippen LogP contribution in [0.15, 0.2) is 23.4 Å². The Balaban J connectivity index is 3.29. The van der Waals surface area contributed by atoms with Crippen molar-refractivity contribution in [2.24, 2.45) is 5.73 Å². The molecule has 0 aromatic carbocycles. The molecule has 0 atom stereocenters. The first-order valence-corrected chi connectivity index (χ1v) is 5.63. The number of nitrogens with two attached hydrogens (primary N) is 1. The Labute approximate surface area is 77.7 Å². The molecule has 2 N–H and O–H groups in total. The van der Waals surface area contributed by atoms with Crippen LogP contribution in [0.1, 0.15) is 12.5 Å². The van der Waals surface area contributed by atoms with Gasteiger partial charge in [0.2, 0.25) is 0 Å². The maximum absolute atomic E-state index is 11.5. The van der Waals surface area contributed by atoms with E-state index < -0.39 is 9.84 Å². The van der Waals surface area contributed by atoms with Gasteiger partial charge >= 0.3 is 0 Å². The van der Waals surface area contributed by atoms with E-state index in [9.17, 15) is 8.42 Å². The Morgan fingerprint density at radius 3 is 2.77 bits per heavy atom. The Bertz CT molecular complexity index is 387. The first-order chi connectivity index (χ1) is 6.11. The summed E-state index contributed by atoms with van der Waals surface area (Å²) in [7, 11) is -3.23. The number of rotatable bonds is 3. The molecule has 0 saturated carbocycles. The van der Waals surface area contributed by atoms with Crippen molar-refractivity contribution in [3.8, 4) is 0 Å². The molecular weight excluding hydrogens is 188 g/mol. The van der Waals surface area contributed by atoms with E-state index in [-0.39, 0.29) is 17.3 Å². The van der Waals surface area contributed by atoms with Gasteiger partial charge in [-0.15, -0.1) is 0 Å². The van der Waals surface area contributed by atoms with E-state index in [2.05, 4.69) is 4.98 Å². The first-order valence-electron chi connectivity index (χ1n) is 3.98. The zero-order valence-electron chi connectivity index (χ0n) is 7.40. The van der Waals surface area contributed by atoms with Gasteiger partial charge in [0.25, 0.3) is 0 Å². The third-order valence-corrected chi connectivity index (χ3v) is 3.46. The van der Waals surface area contributed by atoms with Gasteiger partial charge in [0.15, 0.2) is 14.9 Å². The Morgan fingerprint density at radius 2 is 2.23 bits per heavy atom. The molecule has 0 bridgehead atoms. The highest BCUT2D eigenvalue weighted by Crippen LogP contribution is 2.12. The highest BCUT2D eigenvalue weighted by atomic mass is 32.2. The summed E-state index contributed by atoms with van der Waals surface area (Å²) < 4.78 is 22.9. The van der Waals surface area contributed by atoms with E-state index in [1.807, 2.05) is 0 Å². The lowest BCUT2D eigenvalue weighted by Gasteiger charge is -2.04. The smallest absolute Gasteiger partial charge is 0.195 e. The molecule has 5 heteroatoms. The lowest BCUT2D eigenvalue weighted by Crippen LogP contribution is -2.11. The zero-order chi connectivity index (χ0) is 9.90. The average Bonchev–Trinajstić information content (AvgIpc) is 2.18. The van der Waals surface area contributed by atoms with Gasteiger partial charge < -0.3 is 5.73 Å². The van der Waals surface area contributed by atoms with Crippen molar-refractivity contribution in [2.75, 3.05) is 5.75 Å². The Morgan fingerprint density at radius 1 is 1.54 bits per heavy atom. The van der Waals surface area contributed by atoms with Crippen molar-refractivity contribution in [3.63, 3.8) is 0 Å². The summed E-state index contributed by atoms with van der Waals surface area (Å²) in [6.45, 7) is 1.78. The molecule has 0 aliphatic heterocycles. The Kier molecular flexibility index (Phi) is 3.00. The number of pyridine rings is 1. The largest absolute Gasteiger partial charge is 0.326 e. The van der Waals surface area contributed by atoms with Crippen LogP contribution in [0.5, 0.6) is 0 Å². The van der Waals surface area contributed by atoms with Crippen molar-refractivity contribution in [1.29, 1.82) is 0 Å². The third-order valence-electron chi connectivity index (χ3n) is 1.74. The van der Waals surface area contributed by atoms with Crippen LogP contribution in [0.3, 0.4) is 0 Å². The molecule has 1 heterocycles. The van der Waals surface area contributed by atoms with Gasteiger partial charge in [-0.1, -0.05) is 13.0 Å². The summed E-state index contributed by atoms with van der Waals surface area (Å²) in [6.07, 6.45) is 1.46. The maximum Gasteiger partial charge on any atom is 0.195 e. The fraction of sp³-hybridized carbons (Fsp3) is 0.375. The molecule has 1 aromatic heterocycles. The summed E-state index contributed by atoms with van der Waals surface area (Å²) in [5, 5.41) is 0.111. The first kappa shape index (κ1) is 10.1. The van der Waals surface area contributed by atoms with Gasteiger partial charge in [-0.3, -0.25) is 0 Å². The van der Waals surface area contributed by atoms with Crippen molar-refractivity contribution in [1.82, 2.24) is 4.98 Å². The van der Waals surface area contributed by atoms with Crippen molar-refractivity contribution < 1.29 is 8.42 Å². The quantitative estimate of drug-likeness (QED) is 0.763. The molecule has 1 rings (SSSR count). The molecule has 0 amide bonds. The minimum Gasteiger partial charge on any atom is -0.326 e. The highest BCUT2D eigenvalue weighted by Gasteiger charge is 2.16.